The molecule has 0 aliphatic rings. The van der Waals surface area contributed by atoms with Crippen molar-refractivity contribution in [2.24, 2.45) is 0 Å². The summed E-state index contributed by atoms with van der Waals surface area (Å²) in [6.45, 7) is 7.87. The van der Waals surface area contributed by atoms with Crippen LogP contribution in [0.2, 0.25) is 0 Å². The molecule has 0 bridgehead atoms. The Balaban J connectivity index is 3.78. The second-order valence-electron chi connectivity index (χ2n) is 5.97. The molecule has 148 valence electrons. The van der Waals surface area contributed by atoms with Crippen LogP contribution in [0.25, 0.3) is 0 Å². The van der Waals surface area contributed by atoms with E-state index in [2.05, 4.69) is 6.58 Å². The summed E-state index contributed by atoms with van der Waals surface area (Å²) in [5.74, 6) is -2.23. The molecule has 0 saturated heterocycles. The summed E-state index contributed by atoms with van der Waals surface area (Å²) >= 11 is 5.63. The van der Waals surface area contributed by atoms with E-state index in [0.29, 0.717) is 0 Å². The lowest BCUT2D eigenvalue weighted by atomic mass is 10.2. The van der Waals surface area contributed by atoms with Crippen LogP contribution in [0.3, 0.4) is 0 Å². The molecule has 0 N–H and O–H groups in total. The smallest absolute Gasteiger partial charge is 0.333 e. The lowest BCUT2D eigenvalue weighted by Gasteiger charge is -2.21. The number of alkyl halides is 1. The Hall–Kier alpha value is -2.09. The summed E-state index contributed by atoms with van der Waals surface area (Å²) in [6, 6.07) is 0. The first-order valence-electron chi connectivity index (χ1n) is 7.99. The van der Waals surface area contributed by atoms with Crippen molar-refractivity contribution in [3.8, 4) is 0 Å². The second kappa shape index (κ2) is 12.3. The molecule has 0 fully saturated rings. The third-order valence-electron chi connectivity index (χ3n) is 2.74. The molecule has 8 nitrogen and oxygen atoms in total. The molecular weight excluding hydrogens is 368 g/mol. The van der Waals surface area contributed by atoms with Crippen LogP contribution in [-0.2, 0) is 38.1 Å². The summed E-state index contributed by atoms with van der Waals surface area (Å²) < 4.78 is 19.4. The van der Waals surface area contributed by atoms with Crippen LogP contribution in [-0.4, -0.2) is 55.2 Å². The molecule has 9 heteroatoms. The van der Waals surface area contributed by atoms with Gasteiger partial charge in [-0.3, -0.25) is 14.4 Å². The van der Waals surface area contributed by atoms with Crippen LogP contribution < -0.4 is 0 Å². The highest BCUT2D eigenvalue weighted by Crippen LogP contribution is 2.12. The Morgan fingerprint density at radius 2 is 1.35 bits per heavy atom. The quantitative estimate of drug-likeness (QED) is 0.163. The minimum atomic E-state index is -0.787. The topological polar surface area (TPSA) is 105 Å². The summed E-state index contributed by atoms with van der Waals surface area (Å²) in [5, 5.41) is 0. The molecule has 0 rings (SSSR count). The van der Waals surface area contributed by atoms with Gasteiger partial charge < -0.3 is 18.9 Å². The zero-order valence-corrected chi connectivity index (χ0v) is 16.1. The predicted octanol–water partition coefficient (Wildman–Crippen LogP) is 1.92. The SMILES string of the molecule is C=C(C)C(=O)OCCOC(=O)CCC(=O)OCCC(=O)OC(C)(C)CCl. The molecule has 0 aromatic heterocycles. The molecule has 26 heavy (non-hydrogen) atoms. The first kappa shape index (κ1) is 23.9. The van der Waals surface area contributed by atoms with E-state index in [4.69, 9.17) is 30.5 Å². The zero-order valence-electron chi connectivity index (χ0n) is 15.3. The van der Waals surface area contributed by atoms with E-state index < -0.39 is 29.5 Å². The van der Waals surface area contributed by atoms with Gasteiger partial charge in [0.2, 0.25) is 0 Å². The molecule has 0 unspecified atom stereocenters. The van der Waals surface area contributed by atoms with Crippen molar-refractivity contribution in [1.29, 1.82) is 0 Å². The third kappa shape index (κ3) is 12.3. The van der Waals surface area contributed by atoms with E-state index in [0.717, 1.165) is 0 Å². The Bertz CT molecular complexity index is 527. The lowest BCUT2D eigenvalue weighted by Crippen LogP contribution is -2.30. The Kier molecular flexibility index (Phi) is 11.3. The average molecular weight is 393 g/mol. The molecule has 0 aromatic carbocycles. The minimum absolute atomic E-state index is 0.0946. The van der Waals surface area contributed by atoms with Gasteiger partial charge in [-0.25, -0.2) is 4.79 Å². The van der Waals surface area contributed by atoms with Crippen molar-refractivity contribution in [1.82, 2.24) is 0 Å². The minimum Gasteiger partial charge on any atom is -0.465 e. The monoisotopic (exact) mass is 392 g/mol. The maximum Gasteiger partial charge on any atom is 0.333 e. The van der Waals surface area contributed by atoms with E-state index >= 15 is 0 Å². The van der Waals surface area contributed by atoms with Crippen molar-refractivity contribution in [3.63, 3.8) is 0 Å². The molecule has 0 heterocycles. The number of carbonyl (C=O) groups excluding carboxylic acids is 4. The maximum absolute atomic E-state index is 11.5. The van der Waals surface area contributed by atoms with Crippen LogP contribution in [0.5, 0.6) is 0 Å². The summed E-state index contributed by atoms with van der Waals surface area (Å²) in [5.41, 5.74) is -0.542. The number of carbonyl (C=O) groups is 4. The molecule has 0 atom stereocenters. The number of esters is 4. The molecule has 0 aliphatic carbocycles. The molecule has 0 saturated carbocycles. The van der Waals surface area contributed by atoms with Gasteiger partial charge in [0.15, 0.2) is 0 Å². The van der Waals surface area contributed by atoms with Crippen LogP contribution in [0.4, 0.5) is 0 Å². The highest BCUT2D eigenvalue weighted by molar-refractivity contribution is 6.18. The van der Waals surface area contributed by atoms with Crippen LogP contribution in [0.15, 0.2) is 12.2 Å². The molecule has 0 aromatic rings. The van der Waals surface area contributed by atoms with Crippen LogP contribution in [0, 0.1) is 0 Å². The van der Waals surface area contributed by atoms with E-state index in [1.807, 2.05) is 0 Å². The van der Waals surface area contributed by atoms with Crippen molar-refractivity contribution in [2.45, 2.75) is 45.6 Å². The predicted molar refractivity (Wildman–Crippen MR) is 92.4 cm³/mol. The number of rotatable bonds is 12. The van der Waals surface area contributed by atoms with Crippen molar-refractivity contribution >= 4 is 35.5 Å². The van der Waals surface area contributed by atoms with Crippen molar-refractivity contribution in [2.75, 3.05) is 25.7 Å². The first-order valence-corrected chi connectivity index (χ1v) is 8.52. The zero-order chi connectivity index (χ0) is 20.2. The van der Waals surface area contributed by atoms with Gasteiger partial charge in [-0.1, -0.05) is 6.58 Å². The van der Waals surface area contributed by atoms with Crippen molar-refractivity contribution < 1.29 is 38.1 Å². The fourth-order valence-corrected chi connectivity index (χ4v) is 1.45. The van der Waals surface area contributed by atoms with Crippen molar-refractivity contribution in [3.05, 3.63) is 12.2 Å². The number of halogens is 1. The molecule has 0 amide bonds. The molecule has 0 spiro atoms. The molecular formula is C17H25ClO8. The fraction of sp³-hybridized carbons (Fsp3) is 0.647. The van der Waals surface area contributed by atoms with Gasteiger partial charge in [0.25, 0.3) is 0 Å². The normalized spacial score (nSPS) is 10.6. The highest BCUT2D eigenvalue weighted by atomic mass is 35.5. The van der Waals surface area contributed by atoms with Gasteiger partial charge in [-0.15, -0.1) is 11.6 Å². The molecule has 0 aliphatic heterocycles. The van der Waals surface area contributed by atoms with Gasteiger partial charge in [-0.2, -0.15) is 0 Å². The van der Waals surface area contributed by atoms with E-state index in [-0.39, 0.29) is 50.5 Å². The number of ether oxygens (including phenoxy) is 4. The Labute approximate surface area is 157 Å². The summed E-state index contributed by atoms with van der Waals surface area (Å²) in [7, 11) is 0. The van der Waals surface area contributed by atoms with Crippen LogP contribution >= 0.6 is 11.6 Å². The third-order valence-corrected chi connectivity index (χ3v) is 3.39. The average Bonchev–Trinajstić information content (AvgIpc) is 2.56. The summed E-state index contributed by atoms with van der Waals surface area (Å²) in [6.07, 6.45) is -0.478. The summed E-state index contributed by atoms with van der Waals surface area (Å²) in [4.78, 5) is 45.5. The second-order valence-corrected chi connectivity index (χ2v) is 6.24. The van der Waals surface area contributed by atoms with Gasteiger partial charge >= 0.3 is 23.9 Å². The van der Waals surface area contributed by atoms with E-state index in [1.165, 1.54) is 6.92 Å². The van der Waals surface area contributed by atoms with Gasteiger partial charge in [0.05, 0.1) is 25.1 Å². The Morgan fingerprint density at radius 1 is 0.846 bits per heavy atom. The Morgan fingerprint density at radius 3 is 1.85 bits per heavy atom. The van der Waals surface area contributed by atoms with E-state index in [1.54, 1.807) is 13.8 Å². The van der Waals surface area contributed by atoms with Gasteiger partial charge in [-0.05, 0) is 20.8 Å². The molecule has 0 radical (unpaired) electrons. The number of hydrogen-bond donors (Lipinski definition) is 0. The number of hydrogen-bond acceptors (Lipinski definition) is 8. The van der Waals surface area contributed by atoms with Gasteiger partial charge in [0, 0.05) is 5.57 Å². The first-order chi connectivity index (χ1) is 12.1. The van der Waals surface area contributed by atoms with Crippen LogP contribution in [0.1, 0.15) is 40.0 Å². The standard InChI is InChI=1S/C17H25ClO8/c1-12(2)16(22)25-10-9-24-14(20)6-5-13(19)23-8-7-15(21)26-17(3,4)11-18/h1,5-11H2,2-4H3. The van der Waals surface area contributed by atoms with E-state index in [9.17, 15) is 19.2 Å². The van der Waals surface area contributed by atoms with Gasteiger partial charge in [0.1, 0.15) is 25.4 Å². The lowest BCUT2D eigenvalue weighted by molar-refractivity contribution is -0.158. The fourth-order valence-electron chi connectivity index (χ4n) is 1.40. The highest BCUT2D eigenvalue weighted by Gasteiger charge is 2.21. The maximum atomic E-state index is 11.5. The largest absolute Gasteiger partial charge is 0.465 e.